The van der Waals surface area contributed by atoms with Crippen LogP contribution < -0.4 is 5.73 Å². The van der Waals surface area contributed by atoms with Crippen molar-refractivity contribution in [3.05, 3.63) is 23.8 Å². The molecular weight excluding hydrogens is 166 g/mol. The van der Waals surface area contributed by atoms with E-state index < -0.39 is 6.10 Å². The number of anilines is 1. The second kappa shape index (κ2) is 2.92. The highest BCUT2D eigenvalue weighted by molar-refractivity contribution is 5.51. The maximum atomic E-state index is 9.77. The number of aliphatic hydroxyl groups is 1. The summed E-state index contributed by atoms with van der Waals surface area (Å²) >= 11 is 0. The number of nitrogens with two attached hydrogens (primary N) is 1. The van der Waals surface area contributed by atoms with Crippen molar-refractivity contribution in [2.75, 3.05) is 5.73 Å². The summed E-state index contributed by atoms with van der Waals surface area (Å²) in [6.07, 6.45) is 1.60. The monoisotopic (exact) mass is 179 g/mol. The zero-order valence-electron chi connectivity index (χ0n) is 7.27. The van der Waals surface area contributed by atoms with Gasteiger partial charge in [0.2, 0.25) is 0 Å². The maximum absolute atomic E-state index is 9.77. The third-order valence-corrected chi connectivity index (χ3v) is 2.46. The van der Waals surface area contributed by atoms with Crippen molar-refractivity contribution >= 4 is 5.69 Å². The lowest BCUT2D eigenvalue weighted by atomic mass is 10.0. The largest absolute Gasteiger partial charge is 0.508 e. The van der Waals surface area contributed by atoms with E-state index in [1.807, 2.05) is 0 Å². The third kappa shape index (κ3) is 1.60. The first kappa shape index (κ1) is 8.38. The van der Waals surface area contributed by atoms with Crippen LogP contribution in [0.2, 0.25) is 0 Å². The van der Waals surface area contributed by atoms with Gasteiger partial charge in [-0.2, -0.15) is 0 Å². The summed E-state index contributed by atoms with van der Waals surface area (Å²) in [7, 11) is 0. The van der Waals surface area contributed by atoms with E-state index in [0.29, 0.717) is 17.2 Å². The summed E-state index contributed by atoms with van der Waals surface area (Å²) < 4.78 is 0. The normalized spacial score (nSPS) is 18.5. The zero-order valence-corrected chi connectivity index (χ0v) is 7.27. The number of phenols is 1. The van der Waals surface area contributed by atoms with Gasteiger partial charge in [-0.1, -0.05) is 0 Å². The molecule has 0 bridgehead atoms. The lowest BCUT2D eigenvalue weighted by Gasteiger charge is -2.12. The van der Waals surface area contributed by atoms with Crippen LogP contribution in [0, 0.1) is 5.92 Å². The minimum Gasteiger partial charge on any atom is -0.508 e. The smallest absolute Gasteiger partial charge is 0.116 e. The molecule has 3 heteroatoms. The van der Waals surface area contributed by atoms with E-state index in [-0.39, 0.29) is 5.75 Å². The van der Waals surface area contributed by atoms with Gasteiger partial charge in [0.25, 0.3) is 0 Å². The first-order chi connectivity index (χ1) is 6.18. The van der Waals surface area contributed by atoms with Crippen LogP contribution in [-0.2, 0) is 0 Å². The predicted molar refractivity (Wildman–Crippen MR) is 50.2 cm³/mol. The van der Waals surface area contributed by atoms with Gasteiger partial charge in [0.1, 0.15) is 5.75 Å². The van der Waals surface area contributed by atoms with Gasteiger partial charge in [-0.25, -0.2) is 0 Å². The summed E-state index contributed by atoms with van der Waals surface area (Å²) in [4.78, 5) is 0. The van der Waals surface area contributed by atoms with Crippen LogP contribution in [0.25, 0.3) is 0 Å². The van der Waals surface area contributed by atoms with Crippen molar-refractivity contribution < 1.29 is 10.2 Å². The molecule has 0 amide bonds. The molecule has 1 aromatic rings. The molecule has 1 unspecified atom stereocenters. The van der Waals surface area contributed by atoms with Gasteiger partial charge < -0.3 is 15.9 Å². The van der Waals surface area contributed by atoms with Crippen LogP contribution in [0.4, 0.5) is 5.69 Å². The zero-order chi connectivity index (χ0) is 9.42. The highest BCUT2D eigenvalue weighted by atomic mass is 16.3. The minimum atomic E-state index is -0.507. The molecule has 70 valence electrons. The van der Waals surface area contributed by atoms with E-state index in [9.17, 15) is 10.2 Å². The van der Waals surface area contributed by atoms with Gasteiger partial charge >= 0.3 is 0 Å². The highest BCUT2D eigenvalue weighted by Gasteiger charge is 2.31. The topological polar surface area (TPSA) is 66.5 Å². The predicted octanol–water partition coefficient (Wildman–Crippen LogP) is 1.42. The molecule has 1 atom stereocenters. The van der Waals surface area contributed by atoms with Crippen LogP contribution in [0.3, 0.4) is 0 Å². The Balaban J connectivity index is 2.31. The molecule has 0 saturated heterocycles. The molecule has 0 radical (unpaired) electrons. The Bertz CT molecular complexity index is 321. The number of hydrogen-bond acceptors (Lipinski definition) is 3. The molecule has 1 aromatic carbocycles. The van der Waals surface area contributed by atoms with Gasteiger partial charge in [-0.15, -0.1) is 0 Å². The Morgan fingerprint density at radius 3 is 2.69 bits per heavy atom. The Kier molecular flexibility index (Phi) is 1.88. The Morgan fingerprint density at radius 2 is 2.08 bits per heavy atom. The summed E-state index contributed by atoms with van der Waals surface area (Å²) in [5.41, 5.74) is 6.89. The number of nitrogen functional groups attached to an aromatic ring is 1. The average Bonchev–Trinajstić information content (AvgIpc) is 2.91. The number of aromatic hydroxyl groups is 1. The Labute approximate surface area is 76.8 Å². The van der Waals surface area contributed by atoms with E-state index in [1.54, 1.807) is 12.1 Å². The van der Waals surface area contributed by atoms with Gasteiger partial charge in [0, 0.05) is 11.3 Å². The molecule has 4 N–H and O–H groups in total. The van der Waals surface area contributed by atoms with E-state index in [2.05, 4.69) is 0 Å². The van der Waals surface area contributed by atoms with E-state index in [0.717, 1.165) is 12.8 Å². The standard InChI is InChI=1S/C10H13NO2/c11-9-4-3-7(12)5-8(9)10(13)6-1-2-6/h3-6,10,12-13H,1-2,11H2. The maximum Gasteiger partial charge on any atom is 0.116 e. The van der Waals surface area contributed by atoms with Crippen molar-refractivity contribution in [2.45, 2.75) is 18.9 Å². The van der Waals surface area contributed by atoms with Gasteiger partial charge in [-0.3, -0.25) is 0 Å². The summed E-state index contributed by atoms with van der Waals surface area (Å²) in [6.45, 7) is 0. The first-order valence-electron chi connectivity index (χ1n) is 4.45. The van der Waals surface area contributed by atoms with Crippen LogP contribution in [0.5, 0.6) is 5.75 Å². The van der Waals surface area contributed by atoms with Crippen LogP contribution in [0.1, 0.15) is 24.5 Å². The lowest BCUT2D eigenvalue weighted by Crippen LogP contribution is -2.03. The summed E-state index contributed by atoms with van der Waals surface area (Å²) in [5, 5.41) is 19.0. The molecule has 0 aromatic heterocycles. The SMILES string of the molecule is Nc1ccc(O)cc1C(O)C1CC1. The molecule has 1 aliphatic rings. The van der Waals surface area contributed by atoms with Crippen molar-refractivity contribution in [2.24, 2.45) is 5.92 Å². The fourth-order valence-electron chi connectivity index (χ4n) is 1.48. The number of aliphatic hydroxyl groups excluding tert-OH is 1. The van der Waals surface area contributed by atoms with Crippen molar-refractivity contribution in [1.82, 2.24) is 0 Å². The van der Waals surface area contributed by atoms with Crippen molar-refractivity contribution in [3.8, 4) is 5.75 Å². The molecule has 13 heavy (non-hydrogen) atoms. The van der Waals surface area contributed by atoms with Crippen LogP contribution >= 0.6 is 0 Å². The quantitative estimate of drug-likeness (QED) is 0.475. The van der Waals surface area contributed by atoms with E-state index in [4.69, 9.17) is 5.73 Å². The molecule has 1 saturated carbocycles. The van der Waals surface area contributed by atoms with Crippen LogP contribution in [0.15, 0.2) is 18.2 Å². The van der Waals surface area contributed by atoms with Gasteiger partial charge in [-0.05, 0) is 37.0 Å². The van der Waals surface area contributed by atoms with E-state index >= 15 is 0 Å². The van der Waals surface area contributed by atoms with Gasteiger partial charge in [0.15, 0.2) is 0 Å². The van der Waals surface area contributed by atoms with Gasteiger partial charge in [0.05, 0.1) is 6.10 Å². The molecule has 3 nitrogen and oxygen atoms in total. The van der Waals surface area contributed by atoms with E-state index in [1.165, 1.54) is 6.07 Å². The first-order valence-corrected chi connectivity index (χ1v) is 4.45. The molecule has 1 fully saturated rings. The summed E-state index contributed by atoms with van der Waals surface area (Å²) in [5.74, 6) is 0.494. The van der Waals surface area contributed by atoms with Crippen molar-refractivity contribution in [1.29, 1.82) is 0 Å². The molecular formula is C10H13NO2. The molecule has 0 spiro atoms. The van der Waals surface area contributed by atoms with Crippen LogP contribution in [-0.4, -0.2) is 10.2 Å². The number of rotatable bonds is 2. The molecule has 0 heterocycles. The summed E-state index contributed by atoms with van der Waals surface area (Å²) in [6, 6.07) is 4.69. The second-order valence-corrected chi connectivity index (χ2v) is 3.60. The lowest BCUT2D eigenvalue weighted by molar-refractivity contribution is 0.154. The highest BCUT2D eigenvalue weighted by Crippen LogP contribution is 2.42. The Hall–Kier alpha value is -1.22. The molecule has 0 aliphatic heterocycles. The third-order valence-electron chi connectivity index (χ3n) is 2.46. The second-order valence-electron chi connectivity index (χ2n) is 3.60. The fourth-order valence-corrected chi connectivity index (χ4v) is 1.48. The minimum absolute atomic E-state index is 0.156. The molecule has 1 aliphatic carbocycles. The average molecular weight is 179 g/mol. The number of phenolic OH excluding ortho intramolecular Hbond substituents is 1. The number of benzene rings is 1. The number of hydrogen-bond donors (Lipinski definition) is 3. The Morgan fingerprint density at radius 1 is 1.38 bits per heavy atom. The van der Waals surface area contributed by atoms with Crippen molar-refractivity contribution in [3.63, 3.8) is 0 Å². The molecule has 2 rings (SSSR count). The fraction of sp³-hybridized carbons (Fsp3) is 0.400.